The van der Waals surface area contributed by atoms with Gasteiger partial charge in [-0.05, 0) is 52.9 Å². The van der Waals surface area contributed by atoms with Gasteiger partial charge in [0.1, 0.15) is 0 Å². The maximum absolute atomic E-state index is 11.7. The zero-order chi connectivity index (χ0) is 15.8. The summed E-state index contributed by atoms with van der Waals surface area (Å²) >= 11 is 9.19. The van der Waals surface area contributed by atoms with Gasteiger partial charge in [0.05, 0.1) is 5.69 Å². The summed E-state index contributed by atoms with van der Waals surface area (Å²) in [7, 11) is 0. The molecule has 7 heteroatoms. The van der Waals surface area contributed by atoms with Gasteiger partial charge >= 0.3 is 12.0 Å². The van der Waals surface area contributed by atoms with Gasteiger partial charge in [0.2, 0.25) is 0 Å². The molecule has 0 aliphatic heterocycles. The molecule has 1 atom stereocenters. The standard InChI is InChI=1S/C14H18BrClN2O3/c1-9(2-5-13(19)20)6-7-17-14(21)18-12-8-10(16)3-4-11(12)15/h3-4,8-9H,2,5-7H2,1H3,(H,19,20)(H2,17,18,21). The largest absolute Gasteiger partial charge is 0.481 e. The lowest BCUT2D eigenvalue weighted by Gasteiger charge is -2.12. The highest BCUT2D eigenvalue weighted by atomic mass is 79.9. The molecular weight excluding hydrogens is 360 g/mol. The number of halogens is 2. The molecule has 5 nitrogen and oxygen atoms in total. The van der Waals surface area contributed by atoms with Crippen LogP contribution in [0.15, 0.2) is 22.7 Å². The van der Waals surface area contributed by atoms with Gasteiger partial charge < -0.3 is 15.7 Å². The maximum atomic E-state index is 11.7. The van der Waals surface area contributed by atoms with E-state index in [2.05, 4.69) is 26.6 Å². The molecule has 0 aromatic heterocycles. The van der Waals surface area contributed by atoms with Crippen LogP contribution in [0.4, 0.5) is 10.5 Å². The monoisotopic (exact) mass is 376 g/mol. The third kappa shape index (κ3) is 7.34. The maximum Gasteiger partial charge on any atom is 0.319 e. The quantitative estimate of drug-likeness (QED) is 0.669. The first-order valence-corrected chi connectivity index (χ1v) is 7.77. The molecular formula is C14H18BrClN2O3. The number of nitrogens with one attached hydrogen (secondary N) is 2. The zero-order valence-corrected chi connectivity index (χ0v) is 14.0. The fourth-order valence-corrected chi connectivity index (χ4v) is 2.22. The van der Waals surface area contributed by atoms with Crippen LogP contribution in [0.1, 0.15) is 26.2 Å². The van der Waals surface area contributed by atoms with E-state index in [0.717, 1.165) is 10.9 Å². The fraction of sp³-hybridized carbons (Fsp3) is 0.429. The zero-order valence-electron chi connectivity index (χ0n) is 11.7. The van der Waals surface area contributed by atoms with E-state index in [1.807, 2.05) is 6.92 Å². The van der Waals surface area contributed by atoms with Crippen molar-refractivity contribution in [1.29, 1.82) is 0 Å². The second-order valence-electron chi connectivity index (χ2n) is 4.83. The van der Waals surface area contributed by atoms with E-state index in [0.29, 0.717) is 23.7 Å². The van der Waals surface area contributed by atoms with E-state index in [4.69, 9.17) is 16.7 Å². The highest BCUT2D eigenvalue weighted by Gasteiger charge is 2.08. The van der Waals surface area contributed by atoms with E-state index in [1.54, 1.807) is 18.2 Å². The van der Waals surface area contributed by atoms with E-state index in [9.17, 15) is 9.59 Å². The van der Waals surface area contributed by atoms with Crippen LogP contribution in [0.3, 0.4) is 0 Å². The first-order valence-electron chi connectivity index (χ1n) is 6.60. The van der Waals surface area contributed by atoms with Crippen molar-refractivity contribution in [2.45, 2.75) is 26.2 Å². The fourth-order valence-electron chi connectivity index (χ4n) is 1.71. The van der Waals surface area contributed by atoms with E-state index in [1.165, 1.54) is 0 Å². The number of rotatable bonds is 7. The molecule has 0 radical (unpaired) electrons. The van der Waals surface area contributed by atoms with Crippen molar-refractivity contribution < 1.29 is 14.7 Å². The number of carboxylic acid groups (broad SMARTS) is 1. The molecule has 0 fully saturated rings. The molecule has 0 heterocycles. The molecule has 1 unspecified atom stereocenters. The van der Waals surface area contributed by atoms with Gasteiger partial charge in [-0.2, -0.15) is 0 Å². The lowest BCUT2D eigenvalue weighted by Crippen LogP contribution is -2.30. The van der Waals surface area contributed by atoms with Crippen LogP contribution < -0.4 is 10.6 Å². The van der Waals surface area contributed by atoms with Gasteiger partial charge in [-0.3, -0.25) is 4.79 Å². The highest BCUT2D eigenvalue weighted by molar-refractivity contribution is 9.10. The Labute approximate surface area is 137 Å². The predicted octanol–water partition coefficient (Wildman–Crippen LogP) is 4.12. The number of carbonyl (C=O) groups is 2. The molecule has 1 rings (SSSR count). The smallest absolute Gasteiger partial charge is 0.319 e. The van der Waals surface area contributed by atoms with Crippen LogP contribution in [0.2, 0.25) is 5.02 Å². The van der Waals surface area contributed by atoms with Crippen molar-refractivity contribution in [1.82, 2.24) is 5.32 Å². The summed E-state index contributed by atoms with van der Waals surface area (Å²) in [6, 6.07) is 4.81. The van der Waals surface area contributed by atoms with E-state index in [-0.39, 0.29) is 18.4 Å². The third-order valence-corrected chi connectivity index (χ3v) is 3.88. The van der Waals surface area contributed by atoms with Gasteiger partial charge in [-0.15, -0.1) is 0 Å². The van der Waals surface area contributed by atoms with Crippen LogP contribution in [0.25, 0.3) is 0 Å². The third-order valence-electron chi connectivity index (χ3n) is 2.95. The average molecular weight is 378 g/mol. The number of anilines is 1. The normalized spacial score (nSPS) is 11.8. The molecule has 0 saturated heterocycles. The summed E-state index contributed by atoms with van der Waals surface area (Å²) in [5.41, 5.74) is 0.596. The van der Waals surface area contributed by atoms with Gasteiger partial charge in [-0.1, -0.05) is 18.5 Å². The molecule has 3 N–H and O–H groups in total. The number of hydrogen-bond acceptors (Lipinski definition) is 2. The first kappa shape index (κ1) is 17.8. The highest BCUT2D eigenvalue weighted by Crippen LogP contribution is 2.25. The van der Waals surface area contributed by atoms with Crippen LogP contribution in [0, 0.1) is 5.92 Å². The minimum Gasteiger partial charge on any atom is -0.481 e. The second-order valence-corrected chi connectivity index (χ2v) is 6.12. The molecule has 0 aliphatic carbocycles. The number of benzene rings is 1. The van der Waals surface area contributed by atoms with Crippen molar-refractivity contribution in [3.8, 4) is 0 Å². The Bertz CT molecular complexity index is 511. The van der Waals surface area contributed by atoms with Gasteiger partial charge in [0.25, 0.3) is 0 Å². The molecule has 0 saturated carbocycles. The number of urea groups is 1. The number of carbonyl (C=O) groups excluding carboxylic acids is 1. The Morgan fingerprint density at radius 1 is 1.38 bits per heavy atom. The molecule has 1 aromatic rings. The van der Waals surface area contributed by atoms with Crippen molar-refractivity contribution in [3.63, 3.8) is 0 Å². The van der Waals surface area contributed by atoms with Gasteiger partial charge in [0.15, 0.2) is 0 Å². The van der Waals surface area contributed by atoms with Crippen molar-refractivity contribution in [2.75, 3.05) is 11.9 Å². The predicted molar refractivity (Wildman–Crippen MR) is 86.8 cm³/mol. The first-order chi connectivity index (χ1) is 9.88. The Morgan fingerprint density at radius 3 is 2.76 bits per heavy atom. The van der Waals surface area contributed by atoms with Crippen LogP contribution in [-0.2, 0) is 4.79 Å². The molecule has 2 amide bonds. The molecule has 0 spiro atoms. The molecule has 1 aromatic carbocycles. The SMILES string of the molecule is CC(CCNC(=O)Nc1cc(Cl)ccc1Br)CCC(=O)O. The van der Waals surface area contributed by atoms with E-state index < -0.39 is 5.97 Å². The number of aliphatic carboxylic acids is 1. The Balaban J connectivity index is 2.31. The van der Waals surface area contributed by atoms with Crippen LogP contribution >= 0.6 is 27.5 Å². The molecule has 0 bridgehead atoms. The Hall–Kier alpha value is -1.27. The van der Waals surface area contributed by atoms with Crippen molar-refractivity contribution >= 4 is 45.2 Å². The summed E-state index contributed by atoms with van der Waals surface area (Å²) in [6.07, 6.45) is 1.50. The summed E-state index contributed by atoms with van der Waals surface area (Å²) in [4.78, 5) is 22.2. The summed E-state index contributed by atoms with van der Waals surface area (Å²) in [6.45, 7) is 2.46. The van der Waals surface area contributed by atoms with Crippen LogP contribution in [-0.4, -0.2) is 23.7 Å². The lowest BCUT2D eigenvalue weighted by molar-refractivity contribution is -0.137. The molecule has 0 aliphatic rings. The minimum absolute atomic E-state index is 0.156. The Kier molecular flexibility index (Phi) is 7.53. The van der Waals surface area contributed by atoms with Crippen molar-refractivity contribution in [3.05, 3.63) is 27.7 Å². The molecule has 21 heavy (non-hydrogen) atoms. The summed E-state index contributed by atoms with van der Waals surface area (Å²) in [5.74, 6) is -0.544. The average Bonchev–Trinajstić information content (AvgIpc) is 2.40. The van der Waals surface area contributed by atoms with Gasteiger partial charge in [0, 0.05) is 22.5 Å². The lowest BCUT2D eigenvalue weighted by atomic mass is 10.0. The molecule has 116 valence electrons. The summed E-state index contributed by atoms with van der Waals surface area (Å²) in [5, 5.41) is 14.6. The minimum atomic E-state index is -0.793. The van der Waals surface area contributed by atoms with Crippen molar-refractivity contribution in [2.24, 2.45) is 5.92 Å². The van der Waals surface area contributed by atoms with E-state index >= 15 is 0 Å². The topological polar surface area (TPSA) is 78.4 Å². The number of carboxylic acids is 1. The summed E-state index contributed by atoms with van der Waals surface area (Å²) < 4.78 is 0.747. The number of amides is 2. The number of hydrogen-bond donors (Lipinski definition) is 3. The van der Waals surface area contributed by atoms with Gasteiger partial charge in [-0.25, -0.2) is 4.79 Å². The van der Waals surface area contributed by atoms with Crippen LogP contribution in [0.5, 0.6) is 0 Å². The Morgan fingerprint density at radius 2 is 2.10 bits per heavy atom. The second kappa shape index (κ2) is 8.89.